The summed E-state index contributed by atoms with van der Waals surface area (Å²) in [5, 5.41) is 2.85. The van der Waals surface area contributed by atoms with E-state index in [0.29, 0.717) is 24.0 Å². The van der Waals surface area contributed by atoms with E-state index in [1.165, 1.54) is 12.1 Å². The zero-order valence-electron chi connectivity index (χ0n) is 13.4. The Morgan fingerprint density at radius 2 is 1.81 bits per heavy atom. The van der Waals surface area contributed by atoms with Gasteiger partial charge in [-0.2, -0.15) is 0 Å². The highest BCUT2D eigenvalue weighted by molar-refractivity contribution is 7.89. The van der Waals surface area contributed by atoms with Gasteiger partial charge in [0.15, 0.2) is 0 Å². The van der Waals surface area contributed by atoms with Gasteiger partial charge in [-0.05, 0) is 51.4 Å². The summed E-state index contributed by atoms with van der Waals surface area (Å²) in [4.78, 5) is 0.111. The van der Waals surface area contributed by atoms with E-state index in [1.807, 2.05) is 20.8 Å². The summed E-state index contributed by atoms with van der Waals surface area (Å²) >= 11 is 0. The van der Waals surface area contributed by atoms with Gasteiger partial charge in [-0.25, -0.2) is 17.5 Å². The molecule has 21 heavy (non-hydrogen) atoms. The van der Waals surface area contributed by atoms with E-state index in [2.05, 4.69) is 10.0 Å². The summed E-state index contributed by atoms with van der Waals surface area (Å²) in [5.41, 5.74) is 0.190. The van der Waals surface area contributed by atoms with E-state index in [9.17, 15) is 12.8 Å². The van der Waals surface area contributed by atoms with Crippen LogP contribution in [0, 0.1) is 12.7 Å². The van der Waals surface area contributed by atoms with Gasteiger partial charge in [0.25, 0.3) is 0 Å². The smallest absolute Gasteiger partial charge is 0.241 e. The topological polar surface area (TPSA) is 58.2 Å². The van der Waals surface area contributed by atoms with Crippen LogP contribution in [-0.2, 0) is 16.6 Å². The lowest BCUT2D eigenvalue weighted by molar-refractivity contribution is 0.388. The monoisotopic (exact) mass is 316 g/mol. The zero-order chi connectivity index (χ0) is 16.3. The molecule has 0 unspecified atom stereocenters. The molecule has 6 heteroatoms. The highest BCUT2D eigenvalue weighted by Gasteiger charge is 2.28. The van der Waals surface area contributed by atoms with Gasteiger partial charge in [0.2, 0.25) is 10.0 Å². The number of hydrogen-bond donors (Lipinski definition) is 2. The molecule has 0 heterocycles. The first-order chi connectivity index (χ1) is 9.69. The lowest BCUT2D eigenvalue weighted by Gasteiger charge is -2.28. The molecule has 0 radical (unpaired) electrons. The Morgan fingerprint density at radius 3 is 2.29 bits per heavy atom. The van der Waals surface area contributed by atoms with Crippen molar-refractivity contribution in [1.82, 2.24) is 10.0 Å². The van der Waals surface area contributed by atoms with Gasteiger partial charge in [0.05, 0.1) is 4.90 Å². The Balaban J connectivity index is 3.26. The molecule has 1 aromatic carbocycles. The molecule has 0 saturated carbocycles. The van der Waals surface area contributed by atoms with E-state index in [0.717, 1.165) is 0 Å². The van der Waals surface area contributed by atoms with Crippen molar-refractivity contribution >= 4 is 10.0 Å². The maximum Gasteiger partial charge on any atom is 0.241 e. The maximum absolute atomic E-state index is 14.0. The molecule has 2 N–H and O–H groups in total. The lowest BCUT2D eigenvalue weighted by Crippen LogP contribution is -2.44. The van der Waals surface area contributed by atoms with Crippen LogP contribution in [-0.4, -0.2) is 21.0 Å². The number of aryl methyl sites for hydroxylation is 1. The number of rotatable bonds is 7. The maximum atomic E-state index is 14.0. The number of benzene rings is 1. The third kappa shape index (κ3) is 4.25. The lowest BCUT2D eigenvalue weighted by atomic mass is 9.98. The number of halogens is 1. The second kappa shape index (κ2) is 6.85. The molecule has 1 aromatic rings. The highest BCUT2D eigenvalue weighted by atomic mass is 32.2. The van der Waals surface area contributed by atoms with Gasteiger partial charge in [-0.3, -0.25) is 0 Å². The van der Waals surface area contributed by atoms with Gasteiger partial charge in [0.1, 0.15) is 5.82 Å². The first-order valence-corrected chi connectivity index (χ1v) is 8.65. The Labute approximate surface area is 127 Å². The Kier molecular flexibility index (Phi) is 5.90. The molecule has 0 aliphatic rings. The second-order valence-electron chi connectivity index (χ2n) is 5.62. The largest absolute Gasteiger partial charge is 0.316 e. The Hall–Kier alpha value is -0.980. The summed E-state index contributed by atoms with van der Waals surface area (Å²) in [6, 6.07) is 2.77. The van der Waals surface area contributed by atoms with Crippen molar-refractivity contribution in [3.05, 3.63) is 29.1 Å². The summed E-state index contributed by atoms with van der Waals surface area (Å²) in [5.74, 6) is -0.364. The van der Waals surface area contributed by atoms with Crippen molar-refractivity contribution in [1.29, 1.82) is 0 Å². The highest BCUT2D eigenvalue weighted by Crippen LogP contribution is 2.22. The van der Waals surface area contributed by atoms with Gasteiger partial charge in [-0.1, -0.05) is 13.8 Å². The van der Waals surface area contributed by atoms with Crippen LogP contribution in [0.4, 0.5) is 4.39 Å². The minimum absolute atomic E-state index is 0.111. The van der Waals surface area contributed by atoms with Crippen molar-refractivity contribution < 1.29 is 12.8 Å². The number of hydrogen-bond acceptors (Lipinski definition) is 3. The van der Waals surface area contributed by atoms with Crippen LogP contribution in [0.3, 0.4) is 0 Å². The molecule has 4 nitrogen and oxygen atoms in total. The average Bonchev–Trinajstić information content (AvgIpc) is 2.43. The Bertz CT molecular complexity index is 596. The van der Waals surface area contributed by atoms with Crippen LogP contribution in [0.1, 0.15) is 44.7 Å². The molecule has 0 aliphatic heterocycles. The van der Waals surface area contributed by atoms with Crippen molar-refractivity contribution in [2.45, 2.75) is 57.5 Å². The third-order valence-corrected chi connectivity index (χ3v) is 5.54. The predicted octanol–water partition coefficient (Wildman–Crippen LogP) is 2.71. The first kappa shape index (κ1) is 18.1. The fraction of sp³-hybridized carbons (Fsp3) is 0.600. The third-order valence-electron chi connectivity index (χ3n) is 3.92. The average molecular weight is 316 g/mol. The van der Waals surface area contributed by atoms with E-state index in [1.54, 1.807) is 14.0 Å². The summed E-state index contributed by atoms with van der Waals surface area (Å²) in [6.07, 6.45) is 1.37. The normalized spacial score (nSPS) is 12.7. The Morgan fingerprint density at radius 1 is 1.24 bits per heavy atom. The van der Waals surface area contributed by atoms with E-state index in [-0.39, 0.29) is 17.3 Å². The van der Waals surface area contributed by atoms with E-state index < -0.39 is 15.6 Å². The summed E-state index contributed by atoms with van der Waals surface area (Å²) in [7, 11) is -1.97. The minimum atomic E-state index is -3.67. The van der Waals surface area contributed by atoms with Crippen LogP contribution >= 0.6 is 0 Å². The van der Waals surface area contributed by atoms with E-state index in [4.69, 9.17) is 0 Å². The molecule has 0 bridgehead atoms. The van der Waals surface area contributed by atoms with Crippen molar-refractivity contribution in [3.63, 3.8) is 0 Å². The SMILES string of the molecule is CCC(C)(CC)NS(=O)(=O)c1cc(C)c(F)c(CNC)c1. The molecular formula is C15H25FN2O2S. The van der Waals surface area contributed by atoms with Gasteiger partial charge >= 0.3 is 0 Å². The van der Waals surface area contributed by atoms with Crippen LogP contribution in [0.2, 0.25) is 0 Å². The van der Waals surface area contributed by atoms with Crippen LogP contribution in [0.25, 0.3) is 0 Å². The van der Waals surface area contributed by atoms with Gasteiger partial charge in [-0.15, -0.1) is 0 Å². The minimum Gasteiger partial charge on any atom is -0.316 e. The van der Waals surface area contributed by atoms with E-state index >= 15 is 0 Å². The molecule has 0 aromatic heterocycles. The van der Waals surface area contributed by atoms with Crippen LogP contribution < -0.4 is 10.0 Å². The zero-order valence-corrected chi connectivity index (χ0v) is 14.2. The fourth-order valence-electron chi connectivity index (χ4n) is 2.06. The molecule has 0 aliphatic carbocycles. The van der Waals surface area contributed by atoms with Crippen molar-refractivity contribution in [3.8, 4) is 0 Å². The molecule has 0 saturated heterocycles. The summed E-state index contributed by atoms with van der Waals surface area (Å²) < 4.78 is 41.8. The van der Waals surface area contributed by atoms with Crippen molar-refractivity contribution in [2.24, 2.45) is 0 Å². The van der Waals surface area contributed by atoms with Crippen molar-refractivity contribution in [2.75, 3.05) is 7.05 Å². The molecule has 0 fully saturated rings. The van der Waals surface area contributed by atoms with Crippen LogP contribution in [0.5, 0.6) is 0 Å². The second-order valence-corrected chi connectivity index (χ2v) is 7.30. The quantitative estimate of drug-likeness (QED) is 0.813. The number of sulfonamides is 1. The summed E-state index contributed by atoms with van der Waals surface area (Å²) in [6.45, 7) is 7.61. The molecule has 0 atom stereocenters. The first-order valence-electron chi connectivity index (χ1n) is 7.16. The molecule has 0 spiro atoms. The molecule has 0 amide bonds. The fourth-order valence-corrected chi connectivity index (χ4v) is 3.74. The van der Waals surface area contributed by atoms with Crippen LogP contribution in [0.15, 0.2) is 17.0 Å². The molecule has 120 valence electrons. The molecule has 1 rings (SSSR count). The number of nitrogens with one attached hydrogen (secondary N) is 2. The van der Waals surface area contributed by atoms with Gasteiger partial charge < -0.3 is 5.32 Å². The predicted molar refractivity (Wildman–Crippen MR) is 83.2 cm³/mol. The van der Waals surface area contributed by atoms with Gasteiger partial charge in [0, 0.05) is 17.6 Å². The molecular weight excluding hydrogens is 291 g/mol. The standard InChI is InChI=1S/C15H25FN2O2S/c1-6-15(4,7-2)18-21(19,20)13-8-11(3)14(16)12(9-13)10-17-5/h8-9,17-18H,6-7,10H2,1-5H3.